The fourth-order valence-electron chi connectivity index (χ4n) is 1.96. The summed E-state index contributed by atoms with van der Waals surface area (Å²) in [6, 6.07) is 8.40. The van der Waals surface area contributed by atoms with Crippen molar-refractivity contribution >= 4 is 41.7 Å². The van der Waals surface area contributed by atoms with Crippen molar-refractivity contribution in [1.29, 1.82) is 0 Å². The Balaban J connectivity index is 0.00000529. The molecular weight excluding hydrogens is 437 g/mol. The van der Waals surface area contributed by atoms with Gasteiger partial charge in [0.2, 0.25) is 0 Å². The third-order valence-corrected chi connectivity index (χ3v) is 3.73. The largest absolute Gasteiger partial charge is 0.379 e. The Kier molecular flexibility index (Phi) is 15.6. The second-order valence-electron chi connectivity index (χ2n) is 4.91. The second kappa shape index (κ2) is 16.0. The molecule has 0 fully saturated rings. The Bertz CT molecular complexity index is 461. The average Bonchev–Trinajstić information content (AvgIpc) is 2.58. The van der Waals surface area contributed by atoms with E-state index in [0.29, 0.717) is 19.8 Å². The van der Waals surface area contributed by atoms with E-state index in [4.69, 9.17) is 9.47 Å². The van der Waals surface area contributed by atoms with Crippen LogP contribution in [-0.4, -0.2) is 51.4 Å². The first-order chi connectivity index (χ1) is 11.3. The van der Waals surface area contributed by atoms with Crippen molar-refractivity contribution in [2.45, 2.75) is 20.1 Å². The standard InChI is InChI=1S/C17H29N3O2S.HI/c1-4-21-9-10-22-14-16-7-5-6-15(12-16)13-20-17(18-2)19-8-11-23-3;/h5-7,12H,4,8-11,13-14H2,1-3H3,(H2,18,19,20);1H. The molecule has 0 aliphatic carbocycles. The Morgan fingerprint density at radius 3 is 2.62 bits per heavy atom. The summed E-state index contributed by atoms with van der Waals surface area (Å²) in [7, 11) is 1.79. The predicted molar refractivity (Wildman–Crippen MR) is 115 cm³/mol. The molecule has 1 aromatic carbocycles. The van der Waals surface area contributed by atoms with Crippen molar-refractivity contribution < 1.29 is 9.47 Å². The van der Waals surface area contributed by atoms with Gasteiger partial charge in [0.25, 0.3) is 0 Å². The SMILES string of the molecule is CCOCCOCc1cccc(CNC(=NC)NCCSC)c1.I. The van der Waals surface area contributed by atoms with Crippen LogP contribution in [0.5, 0.6) is 0 Å². The van der Waals surface area contributed by atoms with Crippen LogP contribution in [0.1, 0.15) is 18.1 Å². The molecule has 0 bridgehead atoms. The molecule has 0 amide bonds. The number of benzene rings is 1. The number of guanidine groups is 1. The molecule has 0 atom stereocenters. The van der Waals surface area contributed by atoms with E-state index < -0.39 is 0 Å². The van der Waals surface area contributed by atoms with Crippen molar-refractivity contribution in [3.63, 3.8) is 0 Å². The molecule has 0 radical (unpaired) electrons. The number of hydrogen-bond acceptors (Lipinski definition) is 4. The Morgan fingerprint density at radius 1 is 1.17 bits per heavy atom. The molecular formula is C17H30IN3O2S. The molecule has 0 saturated carbocycles. The van der Waals surface area contributed by atoms with Gasteiger partial charge < -0.3 is 20.1 Å². The summed E-state index contributed by atoms with van der Waals surface area (Å²) in [5.41, 5.74) is 2.38. The number of halogens is 1. The first kappa shape index (κ1) is 23.5. The van der Waals surface area contributed by atoms with Crippen molar-refractivity contribution in [1.82, 2.24) is 10.6 Å². The molecule has 0 aliphatic heterocycles. The quantitative estimate of drug-likeness (QED) is 0.227. The van der Waals surface area contributed by atoms with E-state index in [1.807, 2.05) is 18.7 Å². The topological polar surface area (TPSA) is 54.9 Å². The van der Waals surface area contributed by atoms with Gasteiger partial charge in [-0.1, -0.05) is 24.3 Å². The lowest BCUT2D eigenvalue weighted by molar-refractivity contribution is 0.0453. The predicted octanol–water partition coefficient (Wildman–Crippen LogP) is 2.89. The zero-order valence-electron chi connectivity index (χ0n) is 14.8. The van der Waals surface area contributed by atoms with E-state index in [1.54, 1.807) is 7.05 Å². The molecule has 24 heavy (non-hydrogen) atoms. The lowest BCUT2D eigenvalue weighted by atomic mass is 10.1. The average molecular weight is 467 g/mol. The van der Waals surface area contributed by atoms with Crippen LogP contribution in [0.2, 0.25) is 0 Å². The lowest BCUT2D eigenvalue weighted by Gasteiger charge is -2.12. The highest BCUT2D eigenvalue weighted by molar-refractivity contribution is 14.0. The minimum absolute atomic E-state index is 0. The van der Waals surface area contributed by atoms with Gasteiger partial charge in [-0.15, -0.1) is 24.0 Å². The van der Waals surface area contributed by atoms with E-state index in [1.165, 1.54) is 11.1 Å². The van der Waals surface area contributed by atoms with E-state index in [-0.39, 0.29) is 24.0 Å². The molecule has 1 aromatic rings. The van der Waals surface area contributed by atoms with Gasteiger partial charge in [0.1, 0.15) is 0 Å². The molecule has 1 rings (SSSR count). The first-order valence-electron chi connectivity index (χ1n) is 7.97. The minimum atomic E-state index is 0. The third kappa shape index (κ3) is 11.1. The van der Waals surface area contributed by atoms with Gasteiger partial charge in [-0.25, -0.2) is 0 Å². The van der Waals surface area contributed by atoms with Crippen LogP contribution in [-0.2, 0) is 22.6 Å². The maximum absolute atomic E-state index is 5.61. The van der Waals surface area contributed by atoms with Gasteiger partial charge in [0.15, 0.2) is 5.96 Å². The molecule has 138 valence electrons. The maximum Gasteiger partial charge on any atom is 0.191 e. The Morgan fingerprint density at radius 2 is 1.92 bits per heavy atom. The number of aliphatic imine (C=N–C) groups is 1. The van der Waals surface area contributed by atoms with Crippen LogP contribution in [0.15, 0.2) is 29.3 Å². The summed E-state index contributed by atoms with van der Waals surface area (Å²) in [6.07, 6.45) is 2.10. The Hall–Kier alpha value is -0.510. The van der Waals surface area contributed by atoms with Crippen molar-refractivity contribution in [2.24, 2.45) is 4.99 Å². The summed E-state index contributed by atoms with van der Waals surface area (Å²) in [6.45, 7) is 6.26. The summed E-state index contributed by atoms with van der Waals surface area (Å²) in [4.78, 5) is 4.22. The molecule has 0 spiro atoms. The Labute approximate surface area is 167 Å². The van der Waals surface area contributed by atoms with Gasteiger partial charge in [-0.3, -0.25) is 4.99 Å². The molecule has 0 aliphatic rings. The summed E-state index contributed by atoms with van der Waals surface area (Å²) in [5, 5.41) is 6.61. The van der Waals surface area contributed by atoms with Crippen molar-refractivity contribution in [2.75, 3.05) is 45.4 Å². The summed E-state index contributed by atoms with van der Waals surface area (Å²) in [5.74, 6) is 1.90. The van der Waals surface area contributed by atoms with Gasteiger partial charge >= 0.3 is 0 Å². The molecule has 0 unspecified atom stereocenters. The molecule has 0 heterocycles. The normalized spacial score (nSPS) is 11.0. The molecule has 7 heteroatoms. The van der Waals surface area contributed by atoms with E-state index in [2.05, 4.69) is 46.1 Å². The van der Waals surface area contributed by atoms with Crippen molar-refractivity contribution in [3.8, 4) is 0 Å². The lowest BCUT2D eigenvalue weighted by Crippen LogP contribution is -2.37. The van der Waals surface area contributed by atoms with Gasteiger partial charge in [0, 0.05) is 32.5 Å². The van der Waals surface area contributed by atoms with E-state index in [0.717, 1.165) is 31.4 Å². The number of ether oxygens (including phenoxy) is 2. The zero-order chi connectivity index (χ0) is 16.8. The van der Waals surface area contributed by atoms with Crippen LogP contribution in [0, 0.1) is 0 Å². The second-order valence-corrected chi connectivity index (χ2v) is 5.90. The van der Waals surface area contributed by atoms with Crippen LogP contribution >= 0.6 is 35.7 Å². The third-order valence-electron chi connectivity index (χ3n) is 3.12. The first-order valence-corrected chi connectivity index (χ1v) is 9.36. The van der Waals surface area contributed by atoms with Gasteiger partial charge in [-0.05, 0) is 24.3 Å². The molecule has 5 nitrogen and oxygen atoms in total. The molecule has 0 aromatic heterocycles. The summed E-state index contributed by atoms with van der Waals surface area (Å²) >= 11 is 1.81. The maximum atomic E-state index is 5.61. The number of thioether (sulfide) groups is 1. The van der Waals surface area contributed by atoms with Gasteiger partial charge in [0.05, 0.1) is 19.8 Å². The van der Waals surface area contributed by atoms with Crippen LogP contribution in [0.25, 0.3) is 0 Å². The minimum Gasteiger partial charge on any atom is -0.379 e. The van der Waals surface area contributed by atoms with Gasteiger partial charge in [-0.2, -0.15) is 11.8 Å². The number of hydrogen-bond donors (Lipinski definition) is 2. The highest BCUT2D eigenvalue weighted by Gasteiger charge is 2.00. The fourth-order valence-corrected chi connectivity index (χ4v) is 2.27. The van der Waals surface area contributed by atoms with E-state index >= 15 is 0 Å². The summed E-state index contributed by atoms with van der Waals surface area (Å²) < 4.78 is 10.9. The van der Waals surface area contributed by atoms with Crippen molar-refractivity contribution in [3.05, 3.63) is 35.4 Å². The van der Waals surface area contributed by atoms with Crippen LogP contribution < -0.4 is 10.6 Å². The number of nitrogens with zero attached hydrogens (tertiary/aromatic N) is 1. The fraction of sp³-hybridized carbons (Fsp3) is 0.588. The molecule has 0 saturated heterocycles. The van der Waals surface area contributed by atoms with Crippen LogP contribution in [0.3, 0.4) is 0 Å². The monoisotopic (exact) mass is 467 g/mol. The van der Waals surface area contributed by atoms with E-state index in [9.17, 15) is 0 Å². The zero-order valence-corrected chi connectivity index (χ0v) is 18.0. The highest BCUT2D eigenvalue weighted by atomic mass is 127. The highest BCUT2D eigenvalue weighted by Crippen LogP contribution is 2.06. The number of nitrogens with one attached hydrogen (secondary N) is 2. The number of rotatable bonds is 11. The van der Waals surface area contributed by atoms with Crippen LogP contribution in [0.4, 0.5) is 0 Å². The molecule has 2 N–H and O–H groups in total. The smallest absolute Gasteiger partial charge is 0.191 e.